The van der Waals surface area contributed by atoms with E-state index in [1.54, 1.807) is 13.0 Å². The molecule has 2 amide bonds. The van der Waals surface area contributed by atoms with Crippen LogP contribution in [0.5, 0.6) is 0 Å². The van der Waals surface area contributed by atoms with Crippen LogP contribution < -0.4 is 10.6 Å². The normalized spacial score (nSPS) is 20.5. The van der Waals surface area contributed by atoms with E-state index >= 15 is 0 Å². The minimum absolute atomic E-state index is 0.0196. The van der Waals surface area contributed by atoms with E-state index in [4.69, 9.17) is 0 Å². The summed E-state index contributed by atoms with van der Waals surface area (Å²) in [5.74, 6) is -3.46. The molecule has 1 unspecified atom stereocenters. The van der Waals surface area contributed by atoms with E-state index in [2.05, 4.69) is 10.6 Å². The lowest BCUT2D eigenvalue weighted by Crippen LogP contribution is -2.65. The molecule has 1 aliphatic heterocycles. The Kier molecular flexibility index (Phi) is 5.46. The molecule has 0 bridgehead atoms. The molecule has 7 heteroatoms. The predicted molar refractivity (Wildman–Crippen MR) is 103 cm³/mol. The highest BCUT2D eigenvalue weighted by atomic mass is 19.2. The van der Waals surface area contributed by atoms with Crippen LogP contribution in [0.3, 0.4) is 0 Å². The minimum atomic E-state index is -1.24. The van der Waals surface area contributed by atoms with Crippen LogP contribution in [0, 0.1) is 23.0 Å². The van der Waals surface area contributed by atoms with Crippen molar-refractivity contribution in [2.75, 3.05) is 0 Å². The Morgan fingerprint density at radius 3 is 2.45 bits per heavy atom. The molecule has 0 spiro atoms. The maximum Gasteiger partial charge on any atom is 0.268 e. The van der Waals surface area contributed by atoms with Gasteiger partial charge in [0, 0.05) is 12.0 Å². The van der Waals surface area contributed by atoms with Crippen LogP contribution in [0.4, 0.5) is 8.78 Å². The van der Waals surface area contributed by atoms with Gasteiger partial charge in [0.25, 0.3) is 11.8 Å². The summed E-state index contributed by atoms with van der Waals surface area (Å²) >= 11 is 0. The number of carbonyl (C=O) groups excluding carboxylic acids is 2. The molecule has 148 valence electrons. The number of nitrogens with one attached hydrogen (secondary N) is 2. The summed E-state index contributed by atoms with van der Waals surface area (Å²) in [7, 11) is 0. The summed E-state index contributed by atoms with van der Waals surface area (Å²) in [6.07, 6.45) is 0.621. The van der Waals surface area contributed by atoms with Crippen molar-refractivity contribution in [1.29, 1.82) is 5.26 Å². The number of hydrogen-bond acceptors (Lipinski definition) is 3. The maximum absolute atomic E-state index is 14.4. The molecular weight excluding hydrogens is 376 g/mol. The number of rotatable bonds is 4. The van der Waals surface area contributed by atoms with Crippen molar-refractivity contribution in [3.05, 3.63) is 76.5 Å². The lowest BCUT2D eigenvalue weighted by molar-refractivity contribution is -0.136. The van der Waals surface area contributed by atoms with Gasteiger partial charge in [0.05, 0.1) is 11.6 Å². The summed E-state index contributed by atoms with van der Waals surface area (Å²) in [5.41, 5.74) is -0.989. The highest BCUT2D eigenvalue weighted by Gasteiger charge is 2.44. The molecule has 0 aliphatic carbocycles. The van der Waals surface area contributed by atoms with Crippen molar-refractivity contribution < 1.29 is 18.4 Å². The highest BCUT2D eigenvalue weighted by Crippen LogP contribution is 2.29. The summed E-state index contributed by atoms with van der Waals surface area (Å²) < 4.78 is 28.1. The van der Waals surface area contributed by atoms with Gasteiger partial charge in [-0.15, -0.1) is 0 Å². The molecule has 29 heavy (non-hydrogen) atoms. The molecule has 5 nitrogen and oxygen atoms in total. The van der Waals surface area contributed by atoms with E-state index in [0.717, 1.165) is 17.7 Å². The van der Waals surface area contributed by atoms with Gasteiger partial charge < -0.3 is 10.6 Å². The highest BCUT2D eigenvalue weighted by molar-refractivity contribution is 6.11. The van der Waals surface area contributed by atoms with E-state index in [1.807, 2.05) is 30.3 Å². The molecule has 0 aromatic heterocycles. The van der Waals surface area contributed by atoms with Crippen molar-refractivity contribution >= 4 is 17.4 Å². The van der Waals surface area contributed by atoms with E-state index in [1.165, 1.54) is 6.92 Å². The smallest absolute Gasteiger partial charge is 0.268 e. The van der Waals surface area contributed by atoms with Crippen LogP contribution in [0.25, 0.3) is 5.57 Å². The molecule has 0 radical (unpaired) electrons. The molecule has 2 aromatic rings. The fourth-order valence-corrected chi connectivity index (χ4v) is 3.47. The summed E-state index contributed by atoms with van der Waals surface area (Å²) in [5, 5.41) is 14.5. The van der Waals surface area contributed by atoms with Crippen LogP contribution in [0.2, 0.25) is 0 Å². The van der Waals surface area contributed by atoms with E-state index < -0.39 is 29.0 Å². The number of amides is 2. The van der Waals surface area contributed by atoms with Crippen LogP contribution in [0.15, 0.2) is 48.2 Å². The van der Waals surface area contributed by atoms with Gasteiger partial charge in [0.15, 0.2) is 11.6 Å². The Balaban J connectivity index is 2.02. The SMILES string of the molecule is CCC1(Cc2ccccc2)NC(=O)C(=C(C)c2c(C#N)ccc(F)c2F)NC1=O. The first-order chi connectivity index (χ1) is 13.8. The second kappa shape index (κ2) is 7.84. The van der Waals surface area contributed by atoms with Crippen LogP contribution in [-0.4, -0.2) is 17.4 Å². The van der Waals surface area contributed by atoms with E-state index in [9.17, 15) is 23.6 Å². The second-order valence-electron chi connectivity index (χ2n) is 6.90. The molecule has 2 aromatic carbocycles. The van der Waals surface area contributed by atoms with E-state index in [0.29, 0.717) is 6.42 Å². The summed E-state index contributed by atoms with van der Waals surface area (Å²) in [6, 6.07) is 13.0. The Hall–Kier alpha value is -3.53. The van der Waals surface area contributed by atoms with Gasteiger partial charge in [0.1, 0.15) is 11.2 Å². The van der Waals surface area contributed by atoms with Crippen molar-refractivity contribution in [1.82, 2.24) is 10.6 Å². The first-order valence-electron chi connectivity index (χ1n) is 9.10. The predicted octanol–water partition coefficient (Wildman–Crippen LogP) is 3.20. The summed E-state index contributed by atoms with van der Waals surface area (Å²) in [4.78, 5) is 25.8. The van der Waals surface area contributed by atoms with Gasteiger partial charge in [-0.05, 0) is 36.6 Å². The fraction of sp³-hybridized carbons (Fsp3) is 0.227. The monoisotopic (exact) mass is 395 g/mol. The van der Waals surface area contributed by atoms with Gasteiger partial charge >= 0.3 is 0 Å². The zero-order valence-electron chi connectivity index (χ0n) is 16.0. The van der Waals surface area contributed by atoms with Crippen LogP contribution in [0.1, 0.15) is 37.0 Å². The molecule has 1 atom stereocenters. The van der Waals surface area contributed by atoms with Crippen molar-refractivity contribution in [2.24, 2.45) is 0 Å². The van der Waals surface area contributed by atoms with E-state index in [-0.39, 0.29) is 28.8 Å². The maximum atomic E-state index is 14.4. The number of benzene rings is 2. The quantitative estimate of drug-likeness (QED) is 0.780. The Morgan fingerprint density at radius 2 is 1.83 bits per heavy atom. The third kappa shape index (κ3) is 3.61. The Morgan fingerprint density at radius 1 is 1.14 bits per heavy atom. The third-order valence-corrected chi connectivity index (χ3v) is 5.17. The Labute approximate surface area is 167 Å². The first kappa shape index (κ1) is 20.2. The number of carbonyl (C=O) groups is 2. The fourth-order valence-electron chi connectivity index (χ4n) is 3.47. The minimum Gasteiger partial charge on any atom is -0.336 e. The Bertz CT molecular complexity index is 1060. The van der Waals surface area contributed by atoms with Crippen LogP contribution in [-0.2, 0) is 16.0 Å². The molecule has 1 saturated heterocycles. The molecule has 0 saturated carbocycles. The van der Waals surface area contributed by atoms with Gasteiger partial charge in [-0.2, -0.15) is 5.26 Å². The number of piperazine rings is 1. The third-order valence-electron chi connectivity index (χ3n) is 5.17. The second-order valence-corrected chi connectivity index (χ2v) is 6.90. The first-order valence-corrected chi connectivity index (χ1v) is 9.10. The number of halogens is 2. The molecule has 1 heterocycles. The zero-order valence-corrected chi connectivity index (χ0v) is 16.0. The van der Waals surface area contributed by atoms with Gasteiger partial charge in [-0.25, -0.2) is 8.78 Å². The van der Waals surface area contributed by atoms with Crippen molar-refractivity contribution in [2.45, 2.75) is 32.2 Å². The van der Waals surface area contributed by atoms with Gasteiger partial charge in [-0.1, -0.05) is 37.3 Å². The molecule has 2 N–H and O–H groups in total. The lowest BCUT2D eigenvalue weighted by Gasteiger charge is -2.37. The zero-order chi connectivity index (χ0) is 21.2. The summed E-state index contributed by atoms with van der Waals surface area (Å²) in [6.45, 7) is 3.15. The topological polar surface area (TPSA) is 82.0 Å². The molecule has 3 rings (SSSR count). The van der Waals surface area contributed by atoms with Gasteiger partial charge in [-0.3, -0.25) is 9.59 Å². The standard InChI is InChI=1S/C22H19F2N3O2/c1-3-22(11-14-7-5-4-6-8-14)21(29)26-19(20(28)27-22)13(2)17-15(12-25)9-10-16(23)18(17)24/h4-10H,3,11H2,1-2H3,(H,26,29)(H,27,28). The average Bonchev–Trinajstić information content (AvgIpc) is 2.72. The number of nitriles is 1. The molecule has 1 fully saturated rings. The lowest BCUT2D eigenvalue weighted by atomic mass is 9.84. The van der Waals surface area contributed by atoms with Crippen LogP contribution >= 0.6 is 0 Å². The van der Waals surface area contributed by atoms with Crippen molar-refractivity contribution in [3.8, 4) is 6.07 Å². The van der Waals surface area contributed by atoms with Gasteiger partial charge in [0.2, 0.25) is 0 Å². The molecule has 1 aliphatic rings. The number of hydrogen-bond donors (Lipinski definition) is 2. The average molecular weight is 395 g/mol. The molecular formula is C22H19F2N3O2. The largest absolute Gasteiger partial charge is 0.336 e. The number of nitrogens with zero attached hydrogens (tertiary/aromatic N) is 1. The number of allylic oxidation sites excluding steroid dienone is 1. The van der Waals surface area contributed by atoms with Crippen molar-refractivity contribution in [3.63, 3.8) is 0 Å².